The first kappa shape index (κ1) is 31.0. The summed E-state index contributed by atoms with van der Waals surface area (Å²) in [4.78, 5) is -1.93. The van der Waals surface area contributed by atoms with Crippen LogP contribution in [0.1, 0.15) is 22.3 Å². The lowest BCUT2D eigenvalue weighted by molar-refractivity contribution is -2.00. The van der Waals surface area contributed by atoms with Gasteiger partial charge in [0.2, 0.25) is 0 Å². The Morgan fingerprint density at radius 3 is 1.53 bits per heavy atom. The molecule has 2 aliphatic carbocycles. The van der Waals surface area contributed by atoms with Gasteiger partial charge in [-0.2, -0.15) is 16.8 Å². The molecule has 43 heavy (non-hydrogen) atoms. The Balaban J connectivity index is 0.000000682. The predicted octanol–water partition coefficient (Wildman–Crippen LogP) is 0.505. The second-order valence-corrected chi connectivity index (χ2v) is 13.2. The van der Waals surface area contributed by atoms with Crippen molar-refractivity contribution in [2.24, 2.45) is 0 Å². The van der Waals surface area contributed by atoms with Crippen LogP contribution in [0.4, 0.5) is 0 Å². The van der Waals surface area contributed by atoms with Crippen molar-refractivity contribution in [3.63, 3.8) is 0 Å². The number of fused-ring (bicyclic) bond motifs is 6. The Labute approximate surface area is 248 Å². The van der Waals surface area contributed by atoms with E-state index in [1.54, 1.807) is 0 Å². The Morgan fingerprint density at radius 1 is 0.674 bits per heavy atom. The van der Waals surface area contributed by atoms with Crippen LogP contribution >= 0.6 is 0 Å². The lowest BCUT2D eigenvalue weighted by Crippen LogP contribution is -2.68. The quantitative estimate of drug-likeness (QED) is 0.228. The molecule has 226 valence electrons. The minimum atomic E-state index is -5.15. The molecule has 0 radical (unpaired) electrons. The molecule has 15 heteroatoms. The van der Waals surface area contributed by atoms with Crippen molar-refractivity contribution < 1.29 is 64.0 Å². The van der Waals surface area contributed by atoms with Gasteiger partial charge in [0.15, 0.2) is 4.90 Å². The lowest BCUT2D eigenvalue weighted by atomic mass is 9.79. The summed E-state index contributed by atoms with van der Waals surface area (Å²) in [6, 6.07) is 18.2. The monoisotopic (exact) mass is 650 g/mol. The standard InChI is InChI=1S/C28H22O8S2.ClHO4/c1-35-23-15-14-22(27(37(29,30)31)28(23)38(32,33)34)24-20-12-10-16-6-2-4-8-18(16)25(20)36-26-19-9-5-3-7-17(19)11-13-21(24)26;2-1(3,4)5/h2-9,14-15H,10-13H2,1H3,(H-,29,30,31,32,33,34);(H,2,3,4,5). The summed E-state index contributed by atoms with van der Waals surface area (Å²) in [5, 5.41) is 0. The second-order valence-electron chi connectivity index (χ2n) is 9.71. The first-order valence-electron chi connectivity index (χ1n) is 12.6. The van der Waals surface area contributed by atoms with Gasteiger partial charge < -0.3 is 4.74 Å². The van der Waals surface area contributed by atoms with Crippen molar-refractivity contribution in [3.05, 3.63) is 82.9 Å². The van der Waals surface area contributed by atoms with Crippen LogP contribution < -0.4 is 23.4 Å². The Morgan fingerprint density at radius 2 is 1.12 bits per heavy atom. The van der Waals surface area contributed by atoms with E-state index in [0.717, 1.165) is 29.4 Å². The lowest BCUT2D eigenvalue weighted by Gasteiger charge is -2.23. The van der Waals surface area contributed by atoms with Gasteiger partial charge in [-0.05, 0) is 61.1 Å². The number of ether oxygens (including phenoxy) is 1. The summed E-state index contributed by atoms with van der Waals surface area (Å²) in [5.41, 5.74) is 5.71. The molecule has 0 atom stereocenters. The molecule has 0 aliphatic heterocycles. The van der Waals surface area contributed by atoms with Crippen molar-refractivity contribution in [2.45, 2.75) is 35.5 Å². The van der Waals surface area contributed by atoms with Gasteiger partial charge in [0.25, 0.3) is 20.2 Å². The fraction of sp³-hybridized carbons (Fsp3) is 0.179. The van der Waals surface area contributed by atoms with Crippen LogP contribution in [-0.2, 0) is 45.9 Å². The highest BCUT2D eigenvalue weighted by atomic mass is 35.7. The molecule has 0 bridgehead atoms. The highest BCUT2D eigenvalue weighted by molar-refractivity contribution is 7.89. The van der Waals surface area contributed by atoms with Gasteiger partial charge in [0, 0.05) is 11.1 Å². The number of methoxy groups -OCH3 is 1. The van der Waals surface area contributed by atoms with E-state index in [1.807, 2.05) is 48.5 Å². The van der Waals surface area contributed by atoms with Crippen LogP contribution in [0.2, 0.25) is 0 Å². The molecule has 2 N–H and O–H groups in total. The molecule has 0 spiro atoms. The van der Waals surface area contributed by atoms with Crippen molar-refractivity contribution in [1.29, 1.82) is 0 Å². The second kappa shape index (κ2) is 11.2. The third kappa shape index (κ3) is 6.15. The zero-order valence-corrected chi connectivity index (χ0v) is 24.7. The van der Waals surface area contributed by atoms with Crippen molar-refractivity contribution in [2.75, 3.05) is 7.11 Å². The number of hydrogen-bond acceptors (Lipinski definition) is 9. The fourth-order valence-corrected chi connectivity index (χ4v) is 7.88. The first-order valence-corrected chi connectivity index (χ1v) is 16.7. The molecule has 0 saturated carbocycles. The molecule has 4 aromatic rings. The summed E-state index contributed by atoms with van der Waals surface area (Å²) in [6.45, 7) is 0. The molecular formula is C28H23ClO12S2. The number of hydrogen-bond donors (Lipinski definition) is 2. The smallest absolute Gasteiger partial charge is 0.364 e. The number of aryl methyl sites for hydroxylation is 2. The maximum Gasteiger partial charge on any atom is 0.364 e. The largest absolute Gasteiger partial charge is 0.495 e. The molecule has 2 aliphatic rings. The van der Waals surface area contributed by atoms with E-state index >= 15 is 0 Å². The third-order valence-electron chi connectivity index (χ3n) is 7.25. The molecule has 6 rings (SSSR count). The minimum absolute atomic E-state index is 0.0389. The molecule has 1 heterocycles. The molecule has 3 aromatic carbocycles. The van der Waals surface area contributed by atoms with E-state index in [-0.39, 0.29) is 5.56 Å². The van der Waals surface area contributed by atoms with Crippen molar-refractivity contribution >= 4 is 20.2 Å². The molecular weight excluding hydrogens is 628 g/mol. The topological polar surface area (TPSA) is 222 Å². The van der Waals surface area contributed by atoms with Gasteiger partial charge in [-0.1, -0.05) is 36.4 Å². The average Bonchev–Trinajstić information content (AvgIpc) is 2.93. The third-order valence-corrected chi connectivity index (χ3v) is 9.24. The minimum Gasteiger partial charge on any atom is -0.495 e. The van der Waals surface area contributed by atoms with Crippen molar-refractivity contribution in [1.82, 2.24) is 0 Å². The summed E-state index contributed by atoms with van der Waals surface area (Å²) >= 11 is 0. The van der Waals surface area contributed by atoms with Gasteiger partial charge >= 0.3 is 11.5 Å². The first-order chi connectivity index (χ1) is 20.1. The average molecular weight is 651 g/mol. The highest BCUT2D eigenvalue weighted by Crippen LogP contribution is 2.50. The van der Waals surface area contributed by atoms with Crippen LogP contribution in [0.15, 0.2) is 74.9 Å². The van der Waals surface area contributed by atoms with E-state index < -0.39 is 46.0 Å². The molecule has 1 aromatic heterocycles. The normalized spacial score (nSPS) is 13.9. The van der Waals surface area contributed by atoms with Crippen LogP contribution in [-0.4, -0.2) is 33.1 Å². The molecule has 0 unspecified atom stereocenters. The summed E-state index contributed by atoms with van der Waals surface area (Å²) < 4.78 is 117. The summed E-state index contributed by atoms with van der Waals surface area (Å²) in [7, 11) is -14.1. The molecule has 0 saturated heterocycles. The molecule has 0 fully saturated rings. The van der Waals surface area contributed by atoms with E-state index in [2.05, 4.69) is 0 Å². The number of halogens is 1. The SMILES string of the molecule is COc1ccc(-c2c3c([o+]c4c2CCc2ccccc2-4)-c2ccccc2CC3)c(S(=O)(=O)O)c1S(=O)(=O)O.[O-][Cl+3]([O-])([O-])[O-]. The van der Waals surface area contributed by atoms with Crippen LogP contribution in [0.5, 0.6) is 5.75 Å². The number of benzene rings is 3. The van der Waals surface area contributed by atoms with Gasteiger partial charge in [-0.15, -0.1) is 10.2 Å². The van der Waals surface area contributed by atoms with Crippen molar-refractivity contribution in [3.8, 4) is 39.5 Å². The van der Waals surface area contributed by atoms with Gasteiger partial charge in [-0.25, -0.2) is 23.1 Å². The van der Waals surface area contributed by atoms with Gasteiger partial charge in [-0.3, -0.25) is 9.11 Å². The van der Waals surface area contributed by atoms with Crippen LogP contribution in [0.25, 0.3) is 33.8 Å². The van der Waals surface area contributed by atoms with E-state index in [0.29, 0.717) is 53.9 Å². The van der Waals surface area contributed by atoms with Crippen LogP contribution in [0, 0.1) is 10.2 Å². The van der Waals surface area contributed by atoms with E-state index in [4.69, 9.17) is 27.8 Å². The maximum atomic E-state index is 12.8. The van der Waals surface area contributed by atoms with Gasteiger partial charge in [0.05, 0.1) is 29.4 Å². The summed E-state index contributed by atoms with van der Waals surface area (Å²) in [6.07, 6.45) is 2.31. The maximum absolute atomic E-state index is 12.8. The van der Waals surface area contributed by atoms with Crippen LogP contribution in [0.3, 0.4) is 0 Å². The Bertz CT molecular complexity index is 1890. The van der Waals surface area contributed by atoms with E-state index in [9.17, 15) is 25.9 Å². The molecule has 12 nitrogen and oxygen atoms in total. The predicted molar refractivity (Wildman–Crippen MR) is 140 cm³/mol. The van der Waals surface area contributed by atoms with E-state index in [1.165, 1.54) is 12.1 Å². The van der Waals surface area contributed by atoms with Gasteiger partial charge in [0.1, 0.15) is 10.6 Å². The Kier molecular flexibility index (Phi) is 8.11. The Hall–Kier alpha value is -3.44. The summed E-state index contributed by atoms with van der Waals surface area (Å²) in [5.74, 6) is 0.716. The zero-order chi connectivity index (χ0) is 31.3. The molecule has 0 amide bonds. The number of rotatable bonds is 4. The highest BCUT2D eigenvalue weighted by Gasteiger charge is 2.41. The zero-order valence-electron chi connectivity index (χ0n) is 22.3. The fourth-order valence-electron chi connectivity index (χ4n) is 5.71.